The zero-order valence-corrected chi connectivity index (χ0v) is 16.3. The van der Waals surface area contributed by atoms with Gasteiger partial charge in [0, 0.05) is 22.5 Å². The summed E-state index contributed by atoms with van der Waals surface area (Å²) in [7, 11) is 0. The van der Waals surface area contributed by atoms with Crippen LogP contribution in [0.25, 0.3) is 21.7 Å². The lowest BCUT2D eigenvalue weighted by Gasteiger charge is -2.15. The molecule has 0 bridgehead atoms. The Labute approximate surface area is 163 Å². The van der Waals surface area contributed by atoms with Gasteiger partial charge in [0.05, 0.1) is 6.10 Å². The highest BCUT2D eigenvalue weighted by Gasteiger charge is 2.16. The van der Waals surface area contributed by atoms with Gasteiger partial charge < -0.3 is 9.15 Å². The minimum atomic E-state index is -0.267. The summed E-state index contributed by atoms with van der Waals surface area (Å²) in [4.78, 5) is 16.9. The summed E-state index contributed by atoms with van der Waals surface area (Å²) in [6.07, 6.45) is 2.56. The monoisotopic (exact) mass is 373 g/mol. The molecule has 0 radical (unpaired) electrons. The number of aromatic nitrogens is 1. The van der Waals surface area contributed by atoms with E-state index in [0.717, 1.165) is 28.1 Å². The Balaban J connectivity index is 1.72. The Bertz CT molecular complexity index is 1190. The molecule has 28 heavy (non-hydrogen) atoms. The molecule has 0 spiro atoms. The first-order valence-electron chi connectivity index (χ1n) is 9.59. The van der Waals surface area contributed by atoms with Crippen molar-refractivity contribution in [3.8, 4) is 5.88 Å². The van der Waals surface area contributed by atoms with E-state index in [-0.39, 0.29) is 17.6 Å². The van der Waals surface area contributed by atoms with Crippen LogP contribution in [0.3, 0.4) is 0 Å². The van der Waals surface area contributed by atoms with Gasteiger partial charge in [-0.3, -0.25) is 0 Å². The maximum atomic E-state index is 12.5. The molecule has 2 aromatic carbocycles. The molecule has 0 amide bonds. The molecule has 2 aromatic heterocycles. The molecule has 1 atom stereocenters. The quantitative estimate of drug-likeness (QED) is 0.435. The number of hydrogen-bond acceptors (Lipinski definition) is 4. The van der Waals surface area contributed by atoms with Crippen molar-refractivity contribution < 1.29 is 9.15 Å². The van der Waals surface area contributed by atoms with Crippen LogP contribution >= 0.6 is 0 Å². The molecular formula is C24H23NO3. The first kappa shape index (κ1) is 18.2. The number of nitrogens with zero attached hydrogens (tertiary/aromatic N) is 1. The number of rotatable bonds is 5. The van der Waals surface area contributed by atoms with E-state index in [0.29, 0.717) is 17.0 Å². The minimum Gasteiger partial charge on any atom is -0.475 e. The second-order valence-corrected chi connectivity index (χ2v) is 7.43. The summed E-state index contributed by atoms with van der Waals surface area (Å²) in [6.45, 7) is 6.05. The maximum absolute atomic E-state index is 12.5. The van der Waals surface area contributed by atoms with Gasteiger partial charge in [0.2, 0.25) is 5.88 Å². The van der Waals surface area contributed by atoms with Crippen molar-refractivity contribution in [1.29, 1.82) is 0 Å². The van der Waals surface area contributed by atoms with Gasteiger partial charge in [-0.2, -0.15) is 0 Å². The Hall–Kier alpha value is -3.14. The molecule has 0 aliphatic carbocycles. The van der Waals surface area contributed by atoms with Gasteiger partial charge in [0.15, 0.2) is 0 Å². The summed E-state index contributed by atoms with van der Waals surface area (Å²) in [5.41, 5.74) is 2.21. The van der Waals surface area contributed by atoms with Crippen molar-refractivity contribution in [3.63, 3.8) is 0 Å². The lowest BCUT2D eigenvalue weighted by atomic mass is 9.92. The normalized spacial score (nSPS) is 12.6. The van der Waals surface area contributed by atoms with Crippen molar-refractivity contribution in [2.75, 3.05) is 0 Å². The van der Waals surface area contributed by atoms with Crippen LogP contribution in [0.15, 0.2) is 70.0 Å². The summed E-state index contributed by atoms with van der Waals surface area (Å²) >= 11 is 0. The average molecular weight is 373 g/mol. The van der Waals surface area contributed by atoms with Gasteiger partial charge in [0.1, 0.15) is 5.58 Å². The van der Waals surface area contributed by atoms with Crippen molar-refractivity contribution in [2.45, 2.75) is 39.2 Å². The summed E-state index contributed by atoms with van der Waals surface area (Å²) in [5, 5.41) is 3.04. The predicted molar refractivity (Wildman–Crippen MR) is 112 cm³/mol. The van der Waals surface area contributed by atoms with E-state index >= 15 is 0 Å². The second kappa shape index (κ2) is 7.47. The molecule has 0 saturated heterocycles. The van der Waals surface area contributed by atoms with E-state index in [1.807, 2.05) is 62.4 Å². The summed E-state index contributed by atoms with van der Waals surface area (Å²) in [5.74, 6) is 0.668. The number of benzene rings is 2. The molecule has 2 heterocycles. The van der Waals surface area contributed by atoms with Gasteiger partial charge in [-0.15, -0.1) is 0 Å². The van der Waals surface area contributed by atoms with Gasteiger partial charge in [-0.1, -0.05) is 37.3 Å². The van der Waals surface area contributed by atoms with E-state index in [2.05, 4.69) is 18.0 Å². The van der Waals surface area contributed by atoms with E-state index in [9.17, 15) is 4.79 Å². The first-order valence-corrected chi connectivity index (χ1v) is 9.59. The molecule has 142 valence electrons. The summed E-state index contributed by atoms with van der Waals surface area (Å²) < 4.78 is 11.4. The Morgan fingerprint density at radius 2 is 1.82 bits per heavy atom. The summed E-state index contributed by atoms with van der Waals surface area (Å²) in [6, 6.07) is 17.7. The van der Waals surface area contributed by atoms with E-state index in [4.69, 9.17) is 9.15 Å². The second-order valence-electron chi connectivity index (χ2n) is 7.43. The number of hydrogen-bond donors (Lipinski definition) is 0. The molecule has 1 unspecified atom stereocenters. The molecule has 4 rings (SSSR count). The van der Waals surface area contributed by atoms with Crippen molar-refractivity contribution in [3.05, 3.63) is 82.3 Å². The van der Waals surface area contributed by atoms with Gasteiger partial charge >= 0.3 is 5.63 Å². The highest BCUT2D eigenvalue weighted by atomic mass is 16.5. The smallest absolute Gasteiger partial charge is 0.339 e. The lowest BCUT2D eigenvalue weighted by Crippen LogP contribution is -2.12. The number of para-hydroxylation sites is 1. The predicted octanol–water partition coefficient (Wildman–Crippen LogP) is 5.47. The van der Waals surface area contributed by atoms with Crippen LogP contribution < -0.4 is 10.4 Å². The van der Waals surface area contributed by atoms with Gasteiger partial charge in [0.25, 0.3) is 0 Å². The molecule has 4 heteroatoms. The topological polar surface area (TPSA) is 52.3 Å². The Morgan fingerprint density at radius 3 is 2.64 bits per heavy atom. The fraction of sp³-hybridized carbons (Fsp3) is 0.250. The lowest BCUT2D eigenvalue weighted by molar-refractivity contribution is 0.236. The maximum Gasteiger partial charge on any atom is 0.339 e. The van der Waals surface area contributed by atoms with E-state index in [1.54, 1.807) is 6.20 Å². The highest BCUT2D eigenvalue weighted by molar-refractivity contribution is 5.89. The zero-order valence-electron chi connectivity index (χ0n) is 16.3. The third-order valence-corrected chi connectivity index (χ3v) is 4.93. The van der Waals surface area contributed by atoms with Crippen LogP contribution in [-0.2, 0) is 6.42 Å². The fourth-order valence-electron chi connectivity index (χ4n) is 3.60. The van der Waals surface area contributed by atoms with Crippen LogP contribution in [-0.4, -0.2) is 11.1 Å². The van der Waals surface area contributed by atoms with Crippen LogP contribution in [0.1, 0.15) is 37.8 Å². The number of fused-ring (bicyclic) bond motifs is 2. The van der Waals surface area contributed by atoms with Gasteiger partial charge in [-0.25, -0.2) is 9.78 Å². The van der Waals surface area contributed by atoms with Crippen molar-refractivity contribution in [2.24, 2.45) is 0 Å². The number of pyridine rings is 1. The van der Waals surface area contributed by atoms with Crippen LogP contribution in [0.5, 0.6) is 5.88 Å². The molecule has 0 fully saturated rings. The molecular weight excluding hydrogens is 350 g/mol. The van der Waals surface area contributed by atoms with Gasteiger partial charge in [-0.05, 0) is 61.4 Å². The van der Waals surface area contributed by atoms with E-state index in [1.165, 1.54) is 0 Å². The largest absolute Gasteiger partial charge is 0.475 e. The van der Waals surface area contributed by atoms with E-state index < -0.39 is 0 Å². The molecule has 4 aromatic rings. The van der Waals surface area contributed by atoms with Crippen LogP contribution in [0.2, 0.25) is 0 Å². The third kappa shape index (κ3) is 3.50. The minimum absolute atomic E-state index is 0.0223. The van der Waals surface area contributed by atoms with Crippen molar-refractivity contribution in [1.82, 2.24) is 4.98 Å². The third-order valence-electron chi connectivity index (χ3n) is 4.93. The van der Waals surface area contributed by atoms with Crippen LogP contribution in [0.4, 0.5) is 0 Å². The highest BCUT2D eigenvalue weighted by Crippen LogP contribution is 2.30. The fourth-order valence-corrected chi connectivity index (χ4v) is 3.60. The van der Waals surface area contributed by atoms with Crippen LogP contribution in [0, 0.1) is 0 Å². The SMILES string of the molecule is CC(C)Oc1nccc2c(CC(C)c3cc4ccccc4oc3=O)cccc12. The standard InChI is InChI=1S/C24H23NO3/c1-15(2)27-23-20-9-6-8-17(19(20)11-12-25-23)13-16(3)21-14-18-7-4-5-10-22(18)28-24(21)26/h4-12,14-16H,13H2,1-3H3. The Morgan fingerprint density at radius 1 is 1.00 bits per heavy atom. The number of ether oxygens (including phenoxy) is 1. The zero-order chi connectivity index (χ0) is 19.7. The molecule has 0 aliphatic rings. The average Bonchev–Trinajstić information content (AvgIpc) is 2.67. The first-order chi connectivity index (χ1) is 13.5. The molecule has 0 aliphatic heterocycles. The van der Waals surface area contributed by atoms with Crippen molar-refractivity contribution >= 4 is 21.7 Å². The molecule has 4 nitrogen and oxygen atoms in total. The Kier molecular flexibility index (Phi) is 4.86. The molecule has 0 N–H and O–H groups in total. The molecule has 0 saturated carbocycles.